The molecule has 0 atom stereocenters. The van der Waals surface area contributed by atoms with Crippen molar-refractivity contribution in [1.29, 1.82) is 0 Å². The van der Waals surface area contributed by atoms with Crippen molar-refractivity contribution in [1.82, 2.24) is 20.0 Å². The number of pyridine rings is 1. The fraction of sp³-hybridized carbons (Fsp3) is 0.333. The SMILES string of the molecule is Cc1cccc(-c2noc(-c3ccc(=O)n(CC(=O)NCCC4=CCCCC4)c3)n2)c1. The lowest BCUT2D eigenvalue weighted by Gasteiger charge is -2.13. The number of nitrogens with zero attached hydrogens (tertiary/aromatic N) is 3. The fourth-order valence-electron chi connectivity index (χ4n) is 3.73. The molecule has 160 valence electrons. The maximum atomic E-state index is 12.3. The number of hydrogen-bond donors (Lipinski definition) is 1. The van der Waals surface area contributed by atoms with Crippen LogP contribution < -0.4 is 10.9 Å². The lowest BCUT2D eigenvalue weighted by molar-refractivity contribution is -0.121. The number of amides is 1. The molecule has 0 bridgehead atoms. The average molecular weight is 418 g/mol. The highest BCUT2D eigenvalue weighted by Crippen LogP contribution is 2.22. The van der Waals surface area contributed by atoms with Crippen LogP contribution in [-0.4, -0.2) is 27.2 Å². The lowest BCUT2D eigenvalue weighted by Crippen LogP contribution is -2.32. The predicted molar refractivity (Wildman–Crippen MR) is 118 cm³/mol. The molecule has 0 unspecified atom stereocenters. The second-order valence-electron chi connectivity index (χ2n) is 7.88. The first kappa shape index (κ1) is 20.8. The first-order valence-electron chi connectivity index (χ1n) is 10.6. The fourth-order valence-corrected chi connectivity index (χ4v) is 3.73. The number of aryl methyl sites for hydroxylation is 1. The van der Waals surface area contributed by atoms with E-state index in [1.807, 2.05) is 31.2 Å². The number of carbonyl (C=O) groups excluding carboxylic acids is 1. The van der Waals surface area contributed by atoms with E-state index in [4.69, 9.17) is 4.52 Å². The minimum Gasteiger partial charge on any atom is -0.354 e. The molecule has 0 spiro atoms. The molecular formula is C24H26N4O3. The minimum atomic E-state index is -0.257. The zero-order valence-corrected chi connectivity index (χ0v) is 17.6. The van der Waals surface area contributed by atoms with Gasteiger partial charge in [0, 0.05) is 24.4 Å². The van der Waals surface area contributed by atoms with Crippen molar-refractivity contribution >= 4 is 5.91 Å². The summed E-state index contributed by atoms with van der Waals surface area (Å²) in [5.41, 5.74) is 3.70. The van der Waals surface area contributed by atoms with E-state index in [1.54, 1.807) is 12.3 Å². The molecule has 3 aromatic rings. The predicted octanol–water partition coefficient (Wildman–Crippen LogP) is 3.88. The Morgan fingerprint density at radius 3 is 2.90 bits per heavy atom. The van der Waals surface area contributed by atoms with Gasteiger partial charge in [-0.05, 0) is 51.2 Å². The standard InChI is InChI=1S/C24H26N4O3/c1-17-6-5-9-19(14-17)23-26-24(31-27-23)20-10-11-22(30)28(15-20)16-21(29)25-13-12-18-7-3-2-4-8-18/h5-7,9-11,14-15H,2-4,8,12-13,16H2,1H3,(H,25,29). The van der Waals surface area contributed by atoms with Crippen LogP contribution in [0.4, 0.5) is 0 Å². The summed E-state index contributed by atoms with van der Waals surface area (Å²) in [7, 11) is 0. The molecule has 0 fully saturated rings. The van der Waals surface area contributed by atoms with Gasteiger partial charge in [-0.1, -0.05) is 40.6 Å². The Bertz CT molecular complexity index is 1160. The van der Waals surface area contributed by atoms with E-state index < -0.39 is 0 Å². The van der Waals surface area contributed by atoms with Gasteiger partial charge in [0.2, 0.25) is 11.7 Å². The van der Waals surface area contributed by atoms with Crippen LogP contribution in [0.2, 0.25) is 0 Å². The number of rotatable bonds is 7. The second kappa shape index (κ2) is 9.55. The Hall–Kier alpha value is -3.48. The summed E-state index contributed by atoms with van der Waals surface area (Å²) >= 11 is 0. The van der Waals surface area contributed by atoms with Crippen molar-refractivity contribution in [2.45, 2.75) is 45.6 Å². The van der Waals surface area contributed by atoms with Crippen LogP contribution in [0, 0.1) is 6.92 Å². The smallest absolute Gasteiger partial charge is 0.259 e. The zero-order chi connectivity index (χ0) is 21.6. The third-order valence-corrected chi connectivity index (χ3v) is 5.40. The van der Waals surface area contributed by atoms with Crippen molar-refractivity contribution in [3.8, 4) is 22.8 Å². The molecule has 1 amide bonds. The van der Waals surface area contributed by atoms with Gasteiger partial charge >= 0.3 is 0 Å². The van der Waals surface area contributed by atoms with Gasteiger partial charge in [-0.3, -0.25) is 9.59 Å². The van der Waals surface area contributed by atoms with E-state index in [9.17, 15) is 9.59 Å². The molecule has 0 aliphatic heterocycles. The molecule has 1 N–H and O–H groups in total. The Balaban J connectivity index is 1.42. The van der Waals surface area contributed by atoms with Crippen LogP contribution in [-0.2, 0) is 11.3 Å². The van der Waals surface area contributed by atoms with Gasteiger partial charge in [-0.15, -0.1) is 0 Å². The highest BCUT2D eigenvalue weighted by molar-refractivity contribution is 5.75. The molecular weight excluding hydrogens is 392 g/mol. The zero-order valence-electron chi connectivity index (χ0n) is 17.6. The van der Waals surface area contributed by atoms with Gasteiger partial charge in [-0.25, -0.2) is 0 Å². The summed E-state index contributed by atoms with van der Waals surface area (Å²) in [6, 6.07) is 10.9. The van der Waals surface area contributed by atoms with Crippen molar-refractivity contribution < 1.29 is 9.32 Å². The molecule has 1 aliphatic rings. The van der Waals surface area contributed by atoms with E-state index in [2.05, 4.69) is 21.5 Å². The normalized spacial score (nSPS) is 13.6. The van der Waals surface area contributed by atoms with Gasteiger partial charge in [-0.2, -0.15) is 4.98 Å². The number of carbonyl (C=O) groups is 1. The number of benzene rings is 1. The Labute approximate surface area is 180 Å². The molecule has 0 radical (unpaired) electrons. The number of allylic oxidation sites excluding steroid dienone is 1. The van der Waals surface area contributed by atoms with Crippen LogP contribution in [0.5, 0.6) is 0 Å². The summed E-state index contributed by atoms with van der Waals surface area (Å²) < 4.78 is 6.76. The van der Waals surface area contributed by atoms with Crippen LogP contribution >= 0.6 is 0 Å². The van der Waals surface area contributed by atoms with E-state index >= 15 is 0 Å². The van der Waals surface area contributed by atoms with Crippen LogP contribution in [0.1, 0.15) is 37.7 Å². The lowest BCUT2D eigenvalue weighted by atomic mass is 9.97. The average Bonchev–Trinajstić information content (AvgIpc) is 3.26. The minimum absolute atomic E-state index is 0.0510. The summed E-state index contributed by atoms with van der Waals surface area (Å²) in [5, 5.41) is 6.95. The second-order valence-corrected chi connectivity index (χ2v) is 7.88. The molecule has 0 saturated carbocycles. The van der Waals surface area contributed by atoms with Crippen molar-refractivity contribution in [2.24, 2.45) is 0 Å². The Morgan fingerprint density at radius 2 is 2.10 bits per heavy atom. The summed E-state index contributed by atoms with van der Waals surface area (Å²) in [4.78, 5) is 29.0. The van der Waals surface area contributed by atoms with Gasteiger partial charge in [0.1, 0.15) is 6.54 Å². The number of aromatic nitrogens is 3. The highest BCUT2D eigenvalue weighted by atomic mass is 16.5. The topological polar surface area (TPSA) is 90.0 Å². The van der Waals surface area contributed by atoms with E-state index in [0.29, 0.717) is 23.8 Å². The van der Waals surface area contributed by atoms with Gasteiger partial charge in [0.15, 0.2) is 0 Å². The van der Waals surface area contributed by atoms with Crippen LogP contribution in [0.25, 0.3) is 22.8 Å². The molecule has 7 heteroatoms. The molecule has 4 rings (SSSR count). The molecule has 2 heterocycles. The summed E-state index contributed by atoms with van der Waals surface area (Å²) in [6.07, 6.45) is 9.45. The van der Waals surface area contributed by atoms with Gasteiger partial charge in [0.25, 0.3) is 11.4 Å². The molecule has 1 aromatic carbocycles. The maximum absolute atomic E-state index is 12.3. The van der Waals surface area contributed by atoms with Crippen LogP contribution in [0.3, 0.4) is 0 Å². The third-order valence-electron chi connectivity index (χ3n) is 5.40. The Morgan fingerprint density at radius 1 is 1.19 bits per heavy atom. The van der Waals surface area contributed by atoms with Crippen molar-refractivity contribution in [3.63, 3.8) is 0 Å². The molecule has 31 heavy (non-hydrogen) atoms. The van der Waals surface area contributed by atoms with Gasteiger partial charge < -0.3 is 14.4 Å². The van der Waals surface area contributed by atoms with Crippen molar-refractivity contribution in [3.05, 3.63) is 70.2 Å². The number of hydrogen-bond acceptors (Lipinski definition) is 5. The quantitative estimate of drug-likeness (QED) is 0.588. The van der Waals surface area contributed by atoms with E-state index in [0.717, 1.165) is 30.4 Å². The van der Waals surface area contributed by atoms with Gasteiger partial charge in [0.05, 0.1) is 5.56 Å². The third kappa shape index (κ3) is 5.36. The largest absolute Gasteiger partial charge is 0.354 e. The summed E-state index contributed by atoms with van der Waals surface area (Å²) in [5.74, 6) is 0.586. The monoisotopic (exact) mass is 418 g/mol. The van der Waals surface area contributed by atoms with Crippen molar-refractivity contribution in [2.75, 3.05) is 6.54 Å². The first-order chi connectivity index (χ1) is 15.1. The van der Waals surface area contributed by atoms with Crippen LogP contribution in [0.15, 0.2) is 63.6 Å². The summed E-state index contributed by atoms with van der Waals surface area (Å²) in [6.45, 7) is 2.53. The molecule has 0 saturated heterocycles. The molecule has 7 nitrogen and oxygen atoms in total. The maximum Gasteiger partial charge on any atom is 0.259 e. The first-order valence-corrected chi connectivity index (χ1v) is 10.6. The molecule has 1 aliphatic carbocycles. The Kier molecular flexibility index (Phi) is 6.40. The highest BCUT2D eigenvalue weighted by Gasteiger charge is 2.13. The number of nitrogens with one attached hydrogen (secondary N) is 1. The molecule has 2 aromatic heterocycles. The van der Waals surface area contributed by atoms with E-state index in [-0.39, 0.29) is 18.0 Å². The van der Waals surface area contributed by atoms with E-state index in [1.165, 1.54) is 29.0 Å².